The second kappa shape index (κ2) is 3.03. The van der Waals surface area contributed by atoms with Crippen molar-refractivity contribution in [3.05, 3.63) is 36.0 Å². The van der Waals surface area contributed by atoms with E-state index in [1.807, 2.05) is 24.3 Å². The van der Waals surface area contributed by atoms with E-state index in [9.17, 15) is 0 Å². The summed E-state index contributed by atoms with van der Waals surface area (Å²) < 4.78 is 0. The average Bonchev–Trinajstić information content (AvgIpc) is 2.16. The third-order valence-corrected chi connectivity index (χ3v) is 1.99. The van der Waals surface area contributed by atoms with E-state index in [1.54, 1.807) is 6.20 Å². The normalized spacial score (nSPS) is 10.5. The second-order valence-electron chi connectivity index (χ2n) is 2.92. The van der Waals surface area contributed by atoms with Gasteiger partial charge in [-0.25, -0.2) is 0 Å². The minimum absolute atomic E-state index is 0.00819. The van der Waals surface area contributed by atoms with Crippen LogP contribution in [-0.4, -0.2) is 10.1 Å². The van der Waals surface area contributed by atoms with E-state index >= 15 is 0 Å². The zero-order valence-corrected chi connectivity index (χ0v) is 7.07. The molecule has 0 radical (unpaired) electrons. The number of aromatic nitrogens is 1. The predicted octanol–water partition coefficient (Wildman–Crippen LogP) is 1.31. The van der Waals surface area contributed by atoms with Crippen LogP contribution in [-0.2, 0) is 6.61 Å². The van der Waals surface area contributed by atoms with Crippen molar-refractivity contribution in [2.24, 2.45) is 0 Å². The molecule has 1 heterocycles. The number of aliphatic hydroxyl groups excluding tert-OH is 1. The van der Waals surface area contributed by atoms with Crippen LogP contribution in [0.5, 0.6) is 0 Å². The van der Waals surface area contributed by atoms with Gasteiger partial charge in [0.2, 0.25) is 0 Å². The summed E-state index contributed by atoms with van der Waals surface area (Å²) in [5, 5.41) is 10.00. The minimum Gasteiger partial charge on any atom is -0.397 e. The van der Waals surface area contributed by atoms with Crippen LogP contribution in [0.15, 0.2) is 30.5 Å². The monoisotopic (exact) mass is 174 g/mol. The molecule has 1 aromatic heterocycles. The molecule has 0 aliphatic heterocycles. The molecular formula is C10H10N2O. The zero-order valence-electron chi connectivity index (χ0n) is 7.07. The average molecular weight is 174 g/mol. The number of pyridine rings is 1. The number of fused-ring (bicyclic) bond motifs is 1. The maximum Gasteiger partial charge on any atom is 0.0758 e. The first-order chi connectivity index (χ1) is 6.31. The number of nitrogen functional groups attached to an aromatic ring is 1. The van der Waals surface area contributed by atoms with Gasteiger partial charge in [-0.2, -0.15) is 0 Å². The maximum atomic E-state index is 9.03. The number of aliphatic hydroxyl groups is 1. The molecule has 0 amide bonds. The highest BCUT2D eigenvalue weighted by atomic mass is 16.3. The number of anilines is 1. The quantitative estimate of drug-likeness (QED) is 0.685. The molecule has 0 aliphatic carbocycles. The van der Waals surface area contributed by atoms with Crippen molar-refractivity contribution >= 4 is 16.6 Å². The summed E-state index contributed by atoms with van der Waals surface area (Å²) in [6.45, 7) is 0.00819. The van der Waals surface area contributed by atoms with Crippen LogP contribution < -0.4 is 5.73 Å². The van der Waals surface area contributed by atoms with Gasteiger partial charge in [-0.1, -0.05) is 18.2 Å². The van der Waals surface area contributed by atoms with Crippen LogP contribution in [0.4, 0.5) is 5.69 Å². The Morgan fingerprint density at radius 1 is 1.38 bits per heavy atom. The minimum atomic E-state index is 0.00819. The van der Waals surface area contributed by atoms with E-state index in [4.69, 9.17) is 10.8 Å². The van der Waals surface area contributed by atoms with Crippen LogP contribution in [0.1, 0.15) is 5.56 Å². The number of nitrogens with two attached hydrogens (primary N) is 1. The summed E-state index contributed by atoms with van der Waals surface area (Å²) in [5.41, 5.74) is 7.88. The lowest BCUT2D eigenvalue weighted by molar-refractivity contribution is 0.283. The summed E-state index contributed by atoms with van der Waals surface area (Å²) in [7, 11) is 0. The van der Waals surface area contributed by atoms with Gasteiger partial charge in [-0.3, -0.25) is 4.98 Å². The Morgan fingerprint density at radius 3 is 3.00 bits per heavy atom. The van der Waals surface area contributed by atoms with Gasteiger partial charge in [-0.05, 0) is 6.07 Å². The fourth-order valence-corrected chi connectivity index (χ4v) is 1.37. The molecule has 3 heteroatoms. The van der Waals surface area contributed by atoms with Gasteiger partial charge in [0.25, 0.3) is 0 Å². The van der Waals surface area contributed by atoms with Gasteiger partial charge in [0.1, 0.15) is 0 Å². The highest BCUT2D eigenvalue weighted by Crippen LogP contribution is 2.18. The van der Waals surface area contributed by atoms with E-state index in [0.29, 0.717) is 5.69 Å². The van der Waals surface area contributed by atoms with E-state index in [-0.39, 0.29) is 6.61 Å². The highest BCUT2D eigenvalue weighted by molar-refractivity contribution is 5.83. The Morgan fingerprint density at radius 2 is 2.23 bits per heavy atom. The summed E-state index contributed by atoms with van der Waals surface area (Å²) in [6, 6.07) is 7.51. The fraction of sp³-hybridized carbons (Fsp3) is 0.100. The van der Waals surface area contributed by atoms with Crippen LogP contribution in [0.3, 0.4) is 0 Å². The molecule has 0 bridgehead atoms. The second-order valence-corrected chi connectivity index (χ2v) is 2.92. The molecule has 0 fully saturated rings. The van der Waals surface area contributed by atoms with Gasteiger partial charge in [0.15, 0.2) is 0 Å². The molecule has 0 unspecified atom stereocenters. The van der Waals surface area contributed by atoms with Crippen molar-refractivity contribution in [2.45, 2.75) is 6.61 Å². The van der Waals surface area contributed by atoms with Crippen molar-refractivity contribution in [3.63, 3.8) is 0 Å². The summed E-state index contributed by atoms with van der Waals surface area (Å²) >= 11 is 0. The van der Waals surface area contributed by atoms with Crippen LogP contribution in [0.2, 0.25) is 0 Å². The van der Waals surface area contributed by atoms with Crippen molar-refractivity contribution in [3.8, 4) is 0 Å². The Hall–Kier alpha value is -1.61. The Bertz CT molecular complexity index is 440. The molecule has 3 N–H and O–H groups in total. The van der Waals surface area contributed by atoms with Gasteiger partial charge < -0.3 is 10.8 Å². The number of hydrogen-bond donors (Lipinski definition) is 2. The Balaban J connectivity index is 2.77. The molecule has 0 saturated heterocycles. The topological polar surface area (TPSA) is 59.1 Å². The number of nitrogens with zero attached hydrogens (tertiary/aromatic N) is 1. The Labute approximate surface area is 75.8 Å². The van der Waals surface area contributed by atoms with Gasteiger partial charge in [0.05, 0.1) is 24.0 Å². The Kier molecular flexibility index (Phi) is 1.87. The SMILES string of the molecule is Nc1cnc2c(CO)cccc2c1. The van der Waals surface area contributed by atoms with Crippen molar-refractivity contribution < 1.29 is 5.11 Å². The van der Waals surface area contributed by atoms with Gasteiger partial charge in [0, 0.05) is 10.9 Å². The molecule has 2 rings (SSSR count). The molecule has 66 valence electrons. The third kappa shape index (κ3) is 1.34. The van der Waals surface area contributed by atoms with E-state index < -0.39 is 0 Å². The first-order valence-corrected chi connectivity index (χ1v) is 4.05. The highest BCUT2D eigenvalue weighted by Gasteiger charge is 2.00. The first kappa shape index (κ1) is 8.01. The van der Waals surface area contributed by atoms with E-state index in [1.165, 1.54) is 0 Å². The lowest BCUT2D eigenvalue weighted by atomic mass is 10.1. The molecule has 0 spiro atoms. The van der Waals surface area contributed by atoms with Crippen molar-refractivity contribution in [2.75, 3.05) is 5.73 Å². The summed E-state index contributed by atoms with van der Waals surface area (Å²) in [6.07, 6.45) is 1.60. The third-order valence-electron chi connectivity index (χ3n) is 1.99. The van der Waals surface area contributed by atoms with E-state index in [2.05, 4.69) is 4.98 Å². The number of hydrogen-bond acceptors (Lipinski definition) is 3. The van der Waals surface area contributed by atoms with Gasteiger partial charge >= 0.3 is 0 Å². The molecule has 0 saturated carbocycles. The smallest absolute Gasteiger partial charge is 0.0758 e. The number of para-hydroxylation sites is 1. The summed E-state index contributed by atoms with van der Waals surface area (Å²) in [4.78, 5) is 4.17. The molecule has 0 aliphatic rings. The van der Waals surface area contributed by atoms with Gasteiger partial charge in [-0.15, -0.1) is 0 Å². The van der Waals surface area contributed by atoms with E-state index in [0.717, 1.165) is 16.5 Å². The van der Waals surface area contributed by atoms with Crippen molar-refractivity contribution in [1.29, 1.82) is 0 Å². The lowest BCUT2D eigenvalue weighted by Gasteiger charge is -2.02. The van der Waals surface area contributed by atoms with Crippen LogP contribution in [0.25, 0.3) is 10.9 Å². The molecule has 1 aromatic carbocycles. The first-order valence-electron chi connectivity index (χ1n) is 4.05. The van der Waals surface area contributed by atoms with Crippen molar-refractivity contribution in [1.82, 2.24) is 4.98 Å². The standard InChI is InChI=1S/C10H10N2O/c11-9-4-7-2-1-3-8(6-13)10(7)12-5-9/h1-5,13H,6,11H2. The van der Waals surface area contributed by atoms with Crippen LogP contribution in [0, 0.1) is 0 Å². The molecule has 3 nitrogen and oxygen atoms in total. The predicted molar refractivity (Wildman–Crippen MR) is 52.1 cm³/mol. The van der Waals surface area contributed by atoms with Crippen LogP contribution >= 0.6 is 0 Å². The molecule has 13 heavy (non-hydrogen) atoms. The zero-order chi connectivity index (χ0) is 9.26. The molecule has 0 atom stereocenters. The number of rotatable bonds is 1. The molecular weight excluding hydrogens is 164 g/mol. The molecule has 2 aromatic rings. The lowest BCUT2D eigenvalue weighted by Crippen LogP contribution is -1.91. The maximum absolute atomic E-state index is 9.03. The fourth-order valence-electron chi connectivity index (χ4n) is 1.37. The number of benzene rings is 1. The summed E-state index contributed by atoms with van der Waals surface area (Å²) in [5.74, 6) is 0. The largest absolute Gasteiger partial charge is 0.397 e.